The number of rotatable bonds is 3. The lowest BCUT2D eigenvalue weighted by Gasteiger charge is -2.26. The zero-order chi connectivity index (χ0) is 9.95. The molecule has 0 radical (unpaired) electrons. The van der Waals surface area contributed by atoms with Gasteiger partial charge in [-0.2, -0.15) is 13.1 Å². The predicted molar refractivity (Wildman–Crippen MR) is 52.4 cm³/mol. The van der Waals surface area contributed by atoms with Crippen molar-refractivity contribution in [2.24, 2.45) is 0 Å². The third-order valence-electron chi connectivity index (χ3n) is 1.89. The Morgan fingerprint density at radius 3 is 2.54 bits per heavy atom. The van der Waals surface area contributed by atoms with Crippen LogP contribution in [0.5, 0.6) is 0 Å². The molecule has 0 saturated carbocycles. The number of hydrogen-bond donors (Lipinski definition) is 2. The van der Waals surface area contributed by atoms with Crippen LogP contribution >= 0.6 is 0 Å². The van der Waals surface area contributed by atoms with Gasteiger partial charge in [-0.1, -0.05) is 24.3 Å². The summed E-state index contributed by atoms with van der Waals surface area (Å²) in [5.41, 5.74) is -0.503. The molecule has 4 nitrogen and oxygen atoms in total. The minimum atomic E-state index is -3.36. The molecule has 5 heteroatoms. The zero-order valence-electron chi connectivity index (χ0n) is 7.74. The first kappa shape index (κ1) is 10.4. The van der Waals surface area contributed by atoms with Crippen molar-refractivity contribution < 1.29 is 8.42 Å². The van der Waals surface area contributed by atoms with Crippen LogP contribution in [0.15, 0.2) is 24.3 Å². The quantitative estimate of drug-likeness (QED) is 0.692. The van der Waals surface area contributed by atoms with Gasteiger partial charge in [0.05, 0.1) is 5.54 Å². The predicted octanol–water partition coefficient (Wildman–Crippen LogP) is 0.315. The normalized spacial score (nSPS) is 27.8. The van der Waals surface area contributed by atoms with Crippen molar-refractivity contribution in [1.29, 1.82) is 0 Å². The Morgan fingerprint density at radius 2 is 2.08 bits per heavy atom. The van der Waals surface area contributed by atoms with Crippen molar-refractivity contribution in [1.82, 2.24) is 9.44 Å². The monoisotopic (exact) mass is 202 g/mol. The Labute approximate surface area is 78.9 Å². The van der Waals surface area contributed by atoms with E-state index in [1.807, 2.05) is 31.2 Å². The van der Waals surface area contributed by atoms with Gasteiger partial charge in [0.2, 0.25) is 0 Å². The molecule has 0 heterocycles. The van der Waals surface area contributed by atoms with E-state index in [0.29, 0.717) is 6.42 Å². The fourth-order valence-corrected chi connectivity index (χ4v) is 2.03. The van der Waals surface area contributed by atoms with E-state index in [0.717, 1.165) is 0 Å². The maximum absolute atomic E-state index is 11.2. The van der Waals surface area contributed by atoms with Crippen LogP contribution in [0.1, 0.15) is 13.3 Å². The number of hydrogen-bond acceptors (Lipinski definition) is 2. The summed E-state index contributed by atoms with van der Waals surface area (Å²) in [6.07, 6.45) is 8.17. The maximum Gasteiger partial charge on any atom is 0.277 e. The van der Waals surface area contributed by atoms with Crippen molar-refractivity contribution in [3.8, 4) is 0 Å². The molecule has 0 aromatic rings. The van der Waals surface area contributed by atoms with E-state index < -0.39 is 15.7 Å². The molecule has 0 aliphatic heterocycles. The lowest BCUT2D eigenvalue weighted by atomic mass is 9.95. The van der Waals surface area contributed by atoms with Crippen molar-refractivity contribution in [2.45, 2.75) is 18.9 Å². The molecule has 0 fully saturated rings. The van der Waals surface area contributed by atoms with Crippen LogP contribution in [0, 0.1) is 0 Å². The third-order valence-corrected chi connectivity index (χ3v) is 3.16. The smallest absolute Gasteiger partial charge is 0.205 e. The Bertz CT molecular complexity index is 332. The van der Waals surface area contributed by atoms with E-state index in [2.05, 4.69) is 9.44 Å². The van der Waals surface area contributed by atoms with Gasteiger partial charge in [0.15, 0.2) is 0 Å². The number of allylic oxidation sites excluding steroid dienone is 2. The van der Waals surface area contributed by atoms with E-state index in [9.17, 15) is 8.42 Å². The van der Waals surface area contributed by atoms with Gasteiger partial charge in [-0.15, -0.1) is 0 Å². The van der Waals surface area contributed by atoms with Crippen molar-refractivity contribution in [3.05, 3.63) is 24.3 Å². The Hall–Kier alpha value is -0.650. The lowest BCUT2D eigenvalue weighted by molar-refractivity contribution is 0.495. The van der Waals surface area contributed by atoms with Gasteiger partial charge in [-0.05, 0) is 13.3 Å². The molecule has 74 valence electrons. The topological polar surface area (TPSA) is 58.2 Å². The SMILES string of the molecule is CNS(=O)(=O)NC1(C)C=CC=CC1. The van der Waals surface area contributed by atoms with E-state index in [-0.39, 0.29) is 0 Å². The van der Waals surface area contributed by atoms with Crippen LogP contribution in [0.2, 0.25) is 0 Å². The average molecular weight is 202 g/mol. The summed E-state index contributed by atoms with van der Waals surface area (Å²) < 4.78 is 27.1. The van der Waals surface area contributed by atoms with Crippen LogP contribution in [0.3, 0.4) is 0 Å². The lowest BCUT2D eigenvalue weighted by Crippen LogP contribution is -2.48. The molecule has 0 bridgehead atoms. The summed E-state index contributed by atoms with van der Waals surface area (Å²) in [5, 5.41) is 0. The van der Waals surface area contributed by atoms with Gasteiger partial charge in [-0.25, -0.2) is 4.72 Å². The number of nitrogens with one attached hydrogen (secondary N) is 2. The summed E-state index contributed by atoms with van der Waals surface area (Å²) in [6.45, 7) is 1.84. The minimum absolute atomic E-state index is 0.503. The maximum atomic E-state index is 11.2. The van der Waals surface area contributed by atoms with Crippen molar-refractivity contribution in [3.63, 3.8) is 0 Å². The van der Waals surface area contributed by atoms with Crippen LogP contribution in [0.4, 0.5) is 0 Å². The minimum Gasteiger partial charge on any atom is -0.205 e. The highest BCUT2D eigenvalue weighted by Gasteiger charge is 2.25. The van der Waals surface area contributed by atoms with Gasteiger partial charge in [0, 0.05) is 7.05 Å². The second-order valence-corrected chi connectivity index (χ2v) is 4.84. The highest BCUT2D eigenvalue weighted by atomic mass is 32.2. The third kappa shape index (κ3) is 2.95. The summed E-state index contributed by atoms with van der Waals surface area (Å²) in [7, 11) is -1.98. The molecule has 1 aliphatic rings. The summed E-state index contributed by atoms with van der Waals surface area (Å²) >= 11 is 0. The first-order valence-corrected chi connectivity index (χ1v) is 5.53. The fourth-order valence-electron chi connectivity index (χ4n) is 1.16. The molecule has 1 atom stereocenters. The molecule has 0 aromatic heterocycles. The molecule has 2 N–H and O–H groups in total. The highest BCUT2D eigenvalue weighted by molar-refractivity contribution is 7.87. The molecular weight excluding hydrogens is 188 g/mol. The Kier molecular flexibility index (Phi) is 2.90. The highest BCUT2D eigenvalue weighted by Crippen LogP contribution is 2.17. The second-order valence-electron chi connectivity index (χ2n) is 3.22. The standard InChI is InChI=1S/C8H14N2O2S/c1-8(6-4-3-5-7-8)10-13(11,12)9-2/h3-6,9-10H,7H2,1-2H3. The molecule has 1 unspecified atom stereocenters. The molecule has 13 heavy (non-hydrogen) atoms. The summed E-state index contributed by atoms with van der Waals surface area (Å²) in [6, 6.07) is 0. The molecule has 1 aliphatic carbocycles. The molecule has 0 amide bonds. The van der Waals surface area contributed by atoms with Gasteiger partial charge in [0.25, 0.3) is 10.2 Å². The van der Waals surface area contributed by atoms with Crippen LogP contribution in [-0.4, -0.2) is 21.0 Å². The molecule has 0 spiro atoms. The Balaban J connectivity index is 2.74. The molecular formula is C8H14N2O2S. The average Bonchev–Trinajstić information content (AvgIpc) is 2.04. The Morgan fingerprint density at radius 1 is 1.38 bits per heavy atom. The van der Waals surface area contributed by atoms with Crippen LogP contribution in [0.25, 0.3) is 0 Å². The van der Waals surface area contributed by atoms with Gasteiger partial charge in [0.1, 0.15) is 0 Å². The van der Waals surface area contributed by atoms with Crippen LogP contribution < -0.4 is 9.44 Å². The van der Waals surface area contributed by atoms with E-state index in [1.54, 1.807) is 0 Å². The molecule has 1 rings (SSSR count). The molecule has 0 saturated heterocycles. The first-order chi connectivity index (χ1) is 5.97. The van der Waals surface area contributed by atoms with Gasteiger partial charge in [-0.3, -0.25) is 0 Å². The van der Waals surface area contributed by atoms with Gasteiger partial charge < -0.3 is 0 Å². The first-order valence-electron chi connectivity index (χ1n) is 4.04. The van der Waals surface area contributed by atoms with E-state index >= 15 is 0 Å². The van der Waals surface area contributed by atoms with Crippen molar-refractivity contribution >= 4 is 10.2 Å². The fraction of sp³-hybridized carbons (Fsp3) is 0.500. The zero-order valence-corrected chi connectivity index (χ0v) is 8.56. The van der Waals surface area contributed by atoms with E-state index in [4.69, 9.17) is 0 Å². The van der Waals surface area contributed by atoms with Crippen molar-refractivity contribution in [2.75, 3.05) is 7.05 Å². The second kappa shape index (κ2) is 3.61. The van der Waals surface area contributed by atoms with Crippen LogP contribution in [-0.2, 0) is 10.2 Å². The largest absolute Gasteiger partial charge is 0.277 e. The van der Waals surface area contributed by atoms with E-state index in [1.165, 1.54) is 7.05 Å². The molecule has 0 aromatic carbocycles. The summed E-state index contributed by atoms with van der Waals surface area (Å²) in [4.78, 5) is 0. The van der Waals surface area contributed by atoms with Gasteiger partial charge >= 0.3 is 0 Å². The summed E-state index contributed by atoms with van der Waals surface area (Å²) in [5.74, 6) is 0.